The summed E-state index contributed by atoms with van der Waals surface area (Å²) >= 11 is 0. The molecule has 0 fully saturated rings. The van der Waals surface area contributed by atoms with Gasteiger partial charge >= 0.3 is 5.97 Å². The molecule has 0 radical (unpaired) electrons. The zero-order valence-electron chi connectivity index (χ0n) is 6.73. The number of hydrogen-bond acceptors (Lipinski definition) is 4. The SMILES string of the molecule is COC(=O)Cn1cc(CO)cn1. The van der Waals surface area contributed by atoms with Gasteiger partial charge < -0.3 is 9.84 Å². The van der Waals surface area contributed by atoms with Crippen LogP contribution in [0.25, 0.3) is 0 Å². The first kappa shape index (κ1) is 8.73. The van der Waals surface area contributed by atoms with Gasteiger partial charge in [0, 0.05) is 11.8 Å². The summed E-state index contributed by atoms with van der Waals surface area (Å²) in [5, 5.41) is 12.5. The van der Waals surface area contributed by atoms with E-state index in [2.05, 4.69) is 9.84 Å². The first-order valence-corrected chi connectivity index (χ1v) is 3.45. The minimum absolute atomic E-state index is 0.0683. The van der Waals surface area contributed by atoms with Crippen molar-refractivity contribution in [2.45, 2.75) is 13.2 Å². The first-order valence-electron chi connectivity index (χ1n) is 3.45. The summed E-state index contributed by atoms with van der Waals surface area (Å²) in [5.74, 6) is -0.359. The van der Waals surface area contributed by atoms with Gasteiger partial charge in [0.15, 0.2) is 0 Å². The van der Waals surface area contributed by atoms with Crippen molar-refractivity contribution in [3.8, 4) is 0 Å². The molecule has 0 aromatic carbocycles. The van der Waals surface area contributed by atoms with Crippen LogP contribution in [0.2, 0.25) is 0 Å². The first-order chi connectivity index (χ1) is 5.76. The molecule has 0 aliphatic carbocycles. The lowest BCUT2D eigenvalue weighted by Gasteiger charge is -1.97. The Morgan fingerprint density at radius 3 is 3.08 bits per heavy atom. The molecule has 1 aromatic rings. The van der Waals surface area contributed by atoms with Crippen LogP contribution in [0.1, 0.15) is 5.56 Å². The summed E-state index contributed by atoms with van der Waals surface area (Å²) in [7, 11) is 1.32. The van der Waals surface area contributed by atoms with Crippen molar-refractivity contribution in [2.24, 2.45) is 0 Å². The van der Waals surface area contributed by atoms with Crippen LogP contribution in [-0.4, -0.2) is 28.0 Å². The molecule has 1 heterocycles. The van der Waals surface area contributed by atoms with Gasteiger partial charge in [-0.2, -0.15) is 5.10 Å². The van der Waals surface area contributed by atoms with E-state index in [-0.39, 0.29) is 19.1 Å². The Morgan fingerprint density at radius 2 is 2.58 bits per heavy atom. The maximum absolute atomic E-state index is 10.7. The minimum Gasteiger partial charge on any atom is -0.468 e. The summed E-state index contributed by atoms with van der Waals surface area (Å²) in [5.41, 5.74) is 0.680. The number of aromatic nitrogens is 2. The van der Waals surface area contributed by atoms with Crippen LogP contribution in [-0.2, 0) is 22.7 Å². The predicted molar refractivity (Wildman–Crippen MR) is 40.2 cm³/mol. The van der Waals surface area contributed by atoms with Crippen LogP contribution in [0.3, 0.4) is 0 Å². The monoisotopic (exact) mass is 170 g/mol. The molecular formula is C7H10N2O3. The van der Waals surface area contributed by atoms with E-state index in [9.17, 15) is 4.79 Å². The average molecular weight is 170 g/mol. The second-order valence-corrected chi connectivity index (χ2v) is 2.28. The van der Waals surface area contributed by atoms with Crippen molar-refractivity contribution in [3.05, 3.63) is 18.0 Å². The van der Waals surface area contributed by atoms with E-state index in [0.29, 0.717) is 5.56 Å². The smallest absolute Gasteiger partial charge is 0.327 e. The molecule has 0 amide bonds. The molecule has 0 unspecified atom stereocenters. The fourth-order valence-electron chi connectivity index (χ4n) is 0.771. The van der Waals surface area contributed by atoms with E-state index in [0.717, 1.165) is 0 Å². The Morgan fingerprint density at radius 1 is 1.83 bits per heavy atom. The van der Waals surface area contributed by atoms with Gasteiger partial charge in [0.2, 0.25) is 0 Å². The molecule has 0 aliphatic heterocycles. The number of rotatable bonds is 3. The van der Waals surface area contributed by atoms with Crippen LogP contribution in [0.5, 0.6) is 0 Å². The third-order valence-electron chi connectivity index (χ3n) is 1.39. The lowest BCUT2D eigenvalue weighted by molar-refractivity contribution is -0.141. The van der Waals surface area contributed by atoms with E-state index in [4.69, 9.17) is 5.11 Å². The summed E-state index contributed by atoms with van der Waals surface area (Å²) in [6.07, 6.45) is 3.10. The number of carbonyl (C=O) groups excluding carboxylic acids is 1. The highest BCUT2D eigenvalue weighted by atomic mass is 16.5. The molecule has 0 atom stereocenters. The van der Waals surface area contributed by atoms with Gasteiger partial charge in [-0.3, -0.25) is 9.48 Å². The number of aliphatic hydroxyl groups is 1. The van der Waals surface area contributed by atoms with E-state index < -0.39 is 0 Å². The third-order valence-corrected chi connectivity index (χ3v) is 1.39. The van der Waals surface area contributed by atoms with Crippen molar-refractivity contribution < 1.29 is 14.6 Å². The zero-order valence-corrected chi connectivity index (χ0v) is 6.73. The number of carbonyl (C=O) groups is 1. The fourth-order valence-corrected chi connectivity index (χ4v) is 0.771. The van der Waals surface area contributed by atoms with E-state index >= 15 is 0 Å². The number of aliphatic hydroxyl groups excluding tert-OH is 1. The van der Waals surface area contributed by atoms with Crippen molar-refractivity contribution >= 4 is 5.97 Å². The molecule has 1 aromatic heterocycles. The number of nitrogens with zero attached hydrogens (tertiary/aromatic N) is 2. The largest absolute Gasteiger partial charge is 0.468 e. The lowest BCUT2D eigenvalue weighted by Crippen LogP contribution is -2.11. The standard InChI is InChI=1S/C7H10N2O3/c1-12-7(11)4-9-3-6(5-10)2-8-9/h2-3,10H,4-5H2,1H3. The van der Waals surface area contributed by atoms with Crippen molar-refractivity contribution in [1.82, 2.24) is 9.78 Å². The Balaban J connectivity index is 2.58. The van der Waals surface area contributed by atoms with E-state index in [1.54, 1.807) is 6.20 Å². The molecule has 5 heteroatoms. The van der Waals surface area contributed by atoms with Crippen LogP contribution in [0, 0.1) is 0 Å². The predicted octanol–water partition coefficient (Wildman–Crippen LogP) is -0.452. The van der Waals surface area contributed by atoms with Crippen molar-refractivity contribution in [1.29, 1.82) is 0 Å². The molecule has 0 saturated heterocycles. The fraction of sp³-hybridized carbons (Fsp3) is 0.429. The summed E-state index contributed by atoms with van der Waals surface area (Å²) in [6.45, 7) is 0.0116. The van der Waals surface area contributed by atoms with Crippen LogP contribution >= 0.6 is 0 Å². The topological polar surface area (TPSA) is 64.3 Å². The van der Waals surface area contributed by atoms with Crippen molar-refractivity contribution in [2.75, 3.05) is 7.11 Å². The second kappa shape index (κ2) is 3.87. The summed E-state index contributed by atoms with van der Waals surface area (Å²) in [6, 6.07) is 0. The highest BCUT2D eigenvalue weighted by Gasteiger charge is 2.02. The summed E-state index contributed by atoms with van der Waals surface area (Å²) < 4.78 is 5.85. The van der Waals surface area contributed by atoms with E-state index in [1.165, 1.54) is 18.0 Å². The average Bonchev–Trinajstić information content (AvgIpc) is 2.52. The van der Waals surface area contributed by atoms with E-state index in [1.807, 2.05) is 0 Å². The van der Waals surface area contributed by atoms with Crippen molar-refractivity contribution in [3.63, 3.8) is 0 Å². The molecule has 12 heavy (non-hydrogen) atoms. The van der Waals surface area contributed by atoms with Crippen LogP contribution < -0.4 is 0 Å². The molecule has 0 bridgehead atoms. The molecule has 5 nitrogen and oxygen atoms in total. The highest BCUT2D eigenvalue weighted by molar-refractivity contribution is 5.68. The van der Waals surface area contributed by atoms with Gasteiger partial charge in [-0.1, -0.05) is 0 Å². The number of esters is 1. The maximum Gasteiger partial charge on any atom is 0.327 e. The molecule has 0 saturated carbocycles. The number of ether oxygens (including phenoxy) is 1. The maximum atomic E-state index is 10.7. The minimum atomic E-state index is -0.359. The van der Waals surface area contributed by atoms with Gasteiger partial charge in [0.05, 0.1) is 19.9 Å². The second-order valence-electron chi connectivity index (χ2n) is 2.28. The lowest BCUT2D eigenvalue weighted by atomic mass is 10.4. The molecule has 66 valence electrons. The van der Waals surface area contributed by atoms with Crippen LogP contribution in [0.15, 0.2) is 12.4 Å². The highest BCUT2D eigenvalue weighted by Crippen LogP contribution is 1.96. The van der Waals surface area contributed by atoms with Gasteiger partial charge in [-0.15, -0.1) is 0 Å². The van der Waals surface area contributed by atoms with Gasteiger partial charge in [0.1, 0.15) is 6.54 Å². The summed E-state index contributed by atoms with van der Waals surface area (Å²) in [4.78, 5) is 10.7. The quantitative estimate of drug-likeness (QED) is 0.624. The molecule has 1 rings (SSSR count). The Hall–Kier alpha value is -1.36. The van der Waals surface area contributed by atoms with Gasteiger partial charge in [-0.25, -0.2) is 0 Å². The van der Waals surface area contributed by atoms with Gasteiger partial charge in [-0.05, 0) is 0 Å². The molecule has 1 N–H and O–H groups in total. The third kappa shape index (κ3) is 2.06. The van der Waals surface area contributed by atoms with Crippen LogP contribution in [0.4, 0.5) is 0 Å². The van der Waals surface area contributed by atoms with Gasteiger partial charge in [0.25, 0.3) is 0 Å². The molecule has 0 aliphatic rings. The molecule has 0 spiro atoms. The number of hydrogen-bond donors (Lipinski definition) is 1. The number of methoxy groups -OCH3 is 1. The Bertz CT molecular complexity index is 269. The molecular weight excluding hydrogens is 160 g/mol. The zero-order chi connectivity index (χ0) is 8.97. The Kier molecular flexibility index (Phi) is 2.82. The normalized spacial score (nSPS) is 9.83. The Labute approximate surface area is 69.6 Å².